The van der Waals surface area contributed by atoms with Crippen LogP contribution < -0.4 is 9.47 Å². The molecule has 0 N–H and O–H groups in total. The highest BCUT2D eigenvalue weighted by atomic mass is 79.9. The summed E-state index contributed by atoms with van der Waals surface area (Å²) in [6, 6.07) is 3.72. The second-order valence-electron chi connectivity index (χ2n) is 4.49. The third-order valence-electron chi connectivity index (χ3n) is 3.28. The second-order valence-corrected chi connectivity index (χ2v) is 5.34. The summed E-state index contributed by atoms with van der Waals surface area (Å²) in [5, 5.41) is 0. The lowest BCUT2D eigenvalue weighted by Crippen LogP contribution is -2.13. The highest BCUT2D eigenvalue weighted by Gasteiger charge is 2.21. The molecule has 1 aliphatic carbocycles. The summed E-state index contributed by atoms with van der Waals surface area (Å²) in [5.41, 5.74) is 0.828. The average molecular weight is 326 g/mol. The standard InChI is InChI=1S/C14H16BrNO3/c1-18-13-7-6-12(15)11(8-16-9-17)14(13)19-10-4-2-3-5-10/h6-7,10H,2-5,8H2,1H3. The predicted octanol–water partition coefficient (Wildman–Crippen LogP) is 3.61. The summed E-state index contributed by atoms with van der Waals surface area (Å²) < 4.78 is 12.3. The molecule has 0 radical (unpaired) electrons. The number of halogens is 1. The Morgan fingerprint density at radius 3 is 2.79 bits per heavy atom. The number of isocyanates is 1. The van der Waals surface area contributed by atoms with Gasteiger partial charge in [0.05, 0.1) is 19.8 Å². The van der Waals surface area contributed by atoms with E-state index in [-0.39, 0.29) is 12.6 Å². The van der Waals surface area contributed by atoms with Crippen LogP contribution in [0.1, 0.15) is 31.2 Å². The Bertz CT molecular complexity index is 492. The molecule has 5 heteroatoms. The molecule has 0 aliphatic heterocycles. The summed E-state index contributed by atoms with van der Waals surface area (Å²) in [6.45, 7) is 0.239. The Morgan fingerprint density at radius 2 is 2.16 bits per heavy atom. The van der Waals surface area contributed by atoms with Gasteiger partial charge in [-0.2, -0.15) is 0 Å². The van der Waals surface area contributed by atoms with Crippen molar-refractivity contribution in [3.8, 4) is 11.5 Å². The third-order valence-corrected chi connectivity index (χ3v) is 4.02. The van der Waals surface area contributed by atoms with Crippen molar-refractivity contribution in [2.24, 2.45) is 4.99 Å². The van der Waals surface area contributed by atoms with Gasteiger partial charge in [-0.1, -0.05) is 15.9 Å². The summed E-state index contributed by atoms with van der Waals surface area (Å²) in [5.74, 6) is 1.36. The van der Waals surface area contributed by atoms with Crippen LogP contribution in [0, 0.1) is 0 Å². The quantitative estimate of drug-likeness (QED) is 0.613. The molecule has 0 atom stereocenters. The van der Waals surface area contributed by atoms with Crippen molar-refractivity contribution >= 4 is 22.0 Å². The van der Waals surface area contributed by atoms with Crippen molar-refractivity contribution in [2.45, 2.75) is 38.3 Å². The molecule has 0 spiro atoms. The van der Waals surface area contributed by atoms with Crippen LogP contribution in [0.2, 0.25) is 0 Å². The van der Waals surface area contributed by atoms with E-state index in [0.717, 1.165) is 22.9 Å². The van der Waals surface area contributed by atoms with Gasteiger partial charge in [0.25, 0.3) is 0 Å². The molecule has 0 heterocycles. The molecule has 102 valence electrons. The number of hydrogen-bond acceptors (Lipinski definition) is 4. The number of ether oxygens (including phenoxy) is 2. The highest BCUT2D eigenvalue weighted by molar-refractivity contribution is 9.10. The van der Waals surface area contributed by atoms with Gasteiger partial charge < -0.3 is 9.47 Å². The summed E-state index contributed by atoms with van der Waals surface area (Å²) in [4.78, 5) is 14.0. The normalized spacial score (nSPS) is 15.1. The lowest BCUT2D eigenvalue weighted by atomic mass is 10.1. The Hall–Kier alpha value is -1.32. The molecule has 19 heavy (non-hydrogen) atoms. The maximum absolute atomic E-state index is 10.3. The molecule has 1 fully saturated rings. The molecule has 0 saturated heterocycles. The number of rotatable bonds is 5. The zero-order chi connectivity index (χ0) is 13.7. The topological polar surface area (TPSA) is 47.9 Å². The number of carbonyl (C=O) groups excluding carboxylic acids is 1. The number of methoxy groups -OCH3 is 1. The molecule has 1 saturated carbocycles. The smallest absolute Gasteiger partial charge is 0.235 e. The molecule has 1 aliphatic rings. The molecule has 0 amide bonds. The van der Waals surface area contributed by atoms with Gasteiger partial charge in [0.15, 0.2) is 11.5 Å². The number of nitrogens with zero attached hydrogens (tertiary/aromatic N) is 1. The largest absolute Gasteiger partial charge is 0.493 e. The first kappa shape index (κ1) is 14.1. The lowest BCUT2D eigenvalue weighted by Gasteiger charge is -2.19. The fourth-order valence-electron chi connectivity index (χ4n) is 2.30. The van der Waals surface area contributed by atoms with Crippen molar-refractivity contribution < 1.29 is 14.3 Å². The van der Waals surface area contributed by atoms with Crippen LogP contribution in [0.25, 0.3) is 0 Å². The lowest BCUT2D eigenvalue weighted by molar-refractivity contribution is 0.198. The van der Waals surface area contributed by atoms with Gasteiger partial charge in [0, 0.05) is 10.0 Å². The van der Waals surface area contributed by atoms with Crippen LogP contribution in [0.15, 0.2) is 21.6 Å². The van der Waals surface area contributed by atoms with E-state index in [1.165, 1.54) is 12.8 Å². The van der Waals surface area contributed by atoms with Crippen LogP contribution in [0.3, 0.4) is 0 Å². The van der Waals surface area contributed by atoms with Gasteiger partial charge in [0.1, 0.15) is 0 Å². The zero-order valence-corrected chi connectivity index (χ0v) is 12.4. The Morgan fingerprint density at radius 1 is 1.42 bits per heavy atom. The summed E-state index contributed by atoms with van der Waals surface area (Å²) >= 11 is 3.46. The number of benzene rings is 1. The van der Waals surface area contributed by atoms with Gasteiger partial charge in [0.2, 0.25) is 6.08 Å². The molecular weight excluding hydrogens is 310 g/mol. The Kier molecular flexibility index (Phi) is 5.00. The van der Waals surface area contributed by atoms with E-state index < -0.39 is 0 Å². The predicted molar refractivity (Wildman–Crippen MR) is 75.4 cm³/mol. The maximum Gasteiger partial charge on any atom is 0.235 e. The molecule has 4 nitrogen and oxygen atoms in total. The van der Waals surface area contributed by atoms with E-state index in [1.807, 2.05) is 12.1 Å². The van der Waals surface area contributed by atoms with Crippen molar-refractivity contribution in [2.75, 3.05) is 7.11 Å². The van der Waals surface area contributed by atoms with E-state index in [0.29, 0.717) is 11.5 Å². The number of aliphatic imine (C=N–C) groups is 1. The highest BCUT2D eigenvalue weighted by Crippen LogP contribution is 2.39. The third kappa shape index (κ3) is 3.37. The minimum Gasteiger partial charge on any atom is -0.493 e. The minimum absolute atomic E-state index is 0.224. The van der Waals surface area contributed by atoms with E-state index in [1.54, 1.807) is 13.2 Å². The molecule has 1 aromatic carbocycles. The van der Waals surface area contributed by atoms with Crippen molar-refractivity contribution in [3.63, 3.8) is 0 Å². The first-order valence-corrected chi connectivity index (χ1v) is 7.11. The fraction of sp³-hybridized carbons (Fsp3) is 0.500. The number of hydrogen-bond donors (Lipinski definition) is 0. The van der Waals surface area contributed by atoms with Gasteiger partial charge in [-0.15, -0.1) is 0 Å². The fourth-order valence-corrected chi connectivity index (χ4v) is 2.74. The van der Waals surface area contributed by atoms with Crippen molar-refractivity contribution in [1.82, 2.24) is 0 Å². The molecular formula is C14H16BrNO3. The van der Waals surface area contributed by atoms with E-state index in [9.17, 15) is 4.79 Å². The van der Waals surface area contributed by atoms with Gasteiger partial charge >= 0.3 is 0 Å². The monoisotopic (exact) mass is 325 g/mol. The molecule has 0 aromatic heterocycles. The molecule has 2 rings (SSSR count). The van der Waals surface area contributed by atoms with Crippen LogP contribution in [0.5, 0.6) is 11.5 Å². The van der Waals surface area contributed by atoms with E-state index >= 15 is 0 Å². The van der Waals surface area contributed by atoms with Gasteiger partial charge in [-0.25, -0.2) is 9.79 Å². The molecule has 1 aromatic rings. The van der Waals surface area contributed by atoms with Crippen LogP contribution in [0.4, 0.5) is 0 Å². The summed E-state index contributed by atoms with van der Waals surface area (Å²) in [7, 11) is 1.61. The van der Waals surface area contributed by atoms with Crippen LogP contribution in [-0.2, 0) is 11.3 Å². The maximum atomic E-state index is 10.3. The van der Waals surface area contributed by atoms with Crippen molar-refractivity contribution in [1.29, 1.82) is 0 Å². The minimum atomic E-state index is 0.224. The van der Waals surface area contributed by atoms with Crippen LogP contribution >= 0.6 is 15.9 Å². The first-order chi connectivity index (χ1) is 9.26. The van der Waals surface area contributed by atoms with Crippen LogP contribution in [-0.4, -0.2) is 19.3 Å². The molecule has 0 unspecified atom stereocenters. The van der Waals surface area contributed by atoms with E-state index in [2.05, 4.69) is 20.9 Å². The van der Waals surface area contributed by atoms with Gasteiger partial charge in [-0.05, 0) is 37.8 Å². The second kappa shape index (κ2) is 6.73. The average Bonchev–Trinajstić information content (AvgIpc) is 2.91. The zero-order valence-electron chi connectivity index (χ0n) is 10.8. The Labute approximate surface area is 120 Å². The Balaban J connectivity index is 2.34. The molecule has 0 bridgehead atoms. The SMILES string of the molecule is COc1ccc(Br)c(CN=C=O)c1OC1CCCC1. The van der Waals surface area contributed by atoms with E-state index in [4.69, 9.17) is 9.47 Å². The first-order valence-electron chi connectivity index (χ1n) is 6.32. The van der Waals surface area contributed by atoms with Crippen molar-refractivity contribution in [3.05, 3.63) is 22.2 Å². The summed E-state index contributed by atoms with van der Waals surface area (Å²) in [6.07, 6.45) is 6.30. The van der Waals surface area contributed by atoms with Gasteiger partial charge in [-0.3, -0.25) is 0 Å².